The molecule has 6 heterocycles. The van der Waals surface area contributed by atoms with Gasteiger partial charge in [0.2, 0.25) is 23.6 Å². The lowest BCUT2D eigenvalue weighted by molar-refractivity contribution is -0.391. The van der Waals surface area contributed by atoms with Crippen LogP contribution in [0.5, 0.6) is 0 Å². The number of aliphatic hydroxyl groups is 17. The second-order valence-corrected chi connectivity index (χ2v) is 33.6. The first-order valence-corrected chi connectivity index (χ1v) is 44.9. The maximum Gasteiger partial charge on any atom is 0.220 e. The number of hydrogen-bond acceptors (Lipinski definition) is 33. The van der Waals surface area contributed by atoms with Crippen LogP contribution in [0.25, 0.3) is 0 Å². The summed E-state index contributed by atoms with van der Waals surface area (Å²) in [6, 6.07) is -6.12. The number of unbranched alkanes of at least 4 members (excludes halogenated alkanes) is 31. The number of carbonyl (C=O) groups is 4. The van der Waals surface area contributed by atoms with Crippen molar-refractivity contribution in [2.24, 2.45) is 0 Å². The quantitative estimate of drug-likeness (QED) is 0.0283. The van der Waals surface area contributed by atoms with Crippen LogP contribution < -0.4 is 21.3 Å². The Bertz CT molecular complexity index is 2840. The first-order valence-electron chi connectivity index (χ1n) is 44.9. The second-order valence-electron chi connectivity index (χ2n) is 33.6. The molecule has 32 atom stereocenters. The van der Waals surface area contributed by atoms with E-state index in [-0.39, 0.29) is 12.3 Å². The number of hydrogen-bond donors (Lipinski definition) is 21. The normalized spacial score (nSPS) is 35.3. The maximum absolute atomic E-state index is 13.7. The Morgan fingerprint density at radius 1 is 0.331 bits per heavy atom. The molecule has 12 unspecified atom stereocenters. The molecule has 0 radical (unpaired) electrons. The van der Waals surface area contributed by atoms with Gasteiger partial charge in [-0.1, -0.05) is 219 Å². The fraction of sp³-hybridized carbons (Fsp3) is 0.929. The molecule has 6 aliphatic rings. The van der Waals surface area contributed by atoms with Crippen LogP contribution in [0.4, 0.5) is 0 Å². The van der Waals surface area contributed by atoms with Crippen LogP contribution in [-0.4, -0.2) is 353 Å². The largest absolute Gasteiger partial charge is 0.394 e. The maximum atomic E-state index is 13.7. The highest BCUT2D eigenvalue weighted by Crippen LogP contribution is 2.38. The van der Waals surface area contributed by atoms with E-state index in [9.17, 15) is 106 Å². The minimum atomic E-state index is -2.36. The summed E-state index contributed by atoms with van der Waals surface area (Å²) in [6.07, 6.45) is -11.8. The summed E-state index contributed by atoms with van der Waals surface area (Å²) in [6.45, 7) is 1.25. The summed E-state index contributed by atoms with van der Waals surface area (Å²) in [4.78, 5) is 51.6. The minimum absolute atomic E-state index is 0.146. The molecular weight excluding hydrogens is 1590 g/mol. The molecule has 0 aromatic heterocycles. The van der Waals surface area contributed by atoms with E-state index in [2.05, 4.69) is 35.1 Å². The van der Waals surface area contributed by atoms with Gasteiger partial charge >= 0.3 is 0 Å². The van der Waals surface area contributed by atoms with Crippen molar-refractivity contribution in [3.8, 4) is 0 Å². The highest BCUT2D eigenvalue weighted by Gasteiger charge is 2.58. The van der Waals surface area contributed by atoms with E-state index in [1.165, 1.54) is 148 Å². The minimum Gasteiger partial charge on any atom is -0.394 e. The van der Waals surface area contributed by atoms with Gasteiger partial charge in [-0.3, -0.25) is 19.2 Å². The summed E-state index contributed by atoms with van der Waals surface area (Å²) in [5, 5.41) is 202. The van der Waals surface area contributed by atoms with Crippen molar-refractivity contribution >= 4 is 23.6 Å². The number of carbonyl (C=O) groups excluding carboxylic acids is 4. The highest BCUT2D eigenvalue weighted by molar-refractivity contribution is 5.76. The molecule has 0 bridgehead atoms. The molecule has 4 amide bonds. The van der Waals surface area contributed by atoms with Gasteiger partial charge in [0.25, 0.3) is 0 Å². The number of ether oxygens (including phenoxy) is 12. The summed E-state index contributed by atoms with van der Waals surface area (Å²) >= 11 is 0. The van der Waals surface area contributed by atoms with Crippen molar-refractivity contribution in [3.63, 3.8) is 0 Å². The van der Waals surface area contributed by atoms with Gasteiger partial charge in [-0.05, 0) is 19.3 Å². The van der Waals surface area contributed by atoms with E-state index >= 15 is 0 Å². The van der Waals surface area contributed by atoms with E-state index in [4.69, 9.17) is 56.8 Å². The van der Waals surface area contributed by atoms with E-state index < -0.39 is 260 Å². The monoisotopic (exact) mass is 1750 g/mol. The molecule has 121 heavy (non-hydrogen) atoms. The van der Waals surface area contributed by atoms with Crippen LogP contribution >= 0.6 is 0 Å². The topological polar surface area (TPSA) is 571 Å². The van der Waals surface area contributed by atoms with Gasteiger partial charge < -0.3 is 165 Å². The molecule has 21 N–H and O–H groups in total. The smallest absolute Gasteiger partial charge is 0.220 e. The van der Waals surface area contributed by atoms with Crippen molar-refractivity contribution in [2.75, 3.05) is 46.2 Å². The van der Waals surface area contributed by atoms with Crippen LogP contribution in [0.15, 0.2) is 12.2 Å². The van der Waals surface area contributed by atoms with Gasteiger partial charge in [0.15, 0.2) is 37.7 Å². The van der Waals surface area contributed by atoms with Gasteiger partial charge in [0.05, 0.1) is 58.4 Å². The summed E-state index contributed by atoms with van der Waals surface area (Å²) in [5.74, 6) is -2.75. The first kappa shape index (κ1) is 106. The van der Waals surface area contributed by atoms with Crippen molar-refractivity contribution in [1.29, 1.82) is 0 Å². The molecule has 37 heteroatoms. The molecule has 706 valence electrons. The van der Waals surface area contributed by atoms with Crippen molar-refractivity contribution in [3.05, 3.63) is 12.2 Å². The fourth-order valence-corrected chi connectivity index (χ4v) is 16.5. The molecule has 0 aromatic carbocycles. The predicted molar refractivity (Wildman–Crippen MR) is 433 cm³/mol. The van der Waals surface area contributed by atoms with E-state index in [1.807, 2.05) is 6.08 Å². The van der Waals surface area contributed by atoms with Crippen molar-refractivity contribution in [1.82, 2.24) is 21.3 Å². The van der Waals surface area contributed by atoms with Crippen LogP contribution in [0.1, 0.15) is 253 Å². The second kappa shape index (κ2) is 58.1. The third-order valence-corrected chi connectivity index (χ3v) is 23.6. The zero-order valence-corrected chi connectivity index (χ0v) is 71.8. The Balaban J connectivity index is 1.16. The van der Waals surface area contributed by atoms with E-state index in [0.717, 1.165) is 72.1 Å². The highest BCUT2D eigenvalue weighted by atomic mass is 16.8. The van der Waals surface area contributed by atoms with E-state index in [1.54, 1.807) is 6.08 Å². The summed E-state index contributed by atoms with van der Waals surface area (Å²) < 4.78 is 72.2. The molecule has 6 rings (SSSR count). The van der Waals surface area contributed by atoms with Crippen LogP contribution in [0.2, 0.25) is 0 Å². The average Bonchev–Trinajstić information content (AvgIpc) is 0.760. The molecule has 37 nitrogen and oxygen atoms in total. The molecule has 0 saturated carbocycles. The van der Waals surface area contributed by atoms with Gasteiger partial charge in [-0.25, -0.2) is 0 Å². The lowest BCUT2D eigenvalue weighted by Gasteiger charge is -2.50. The van der Waals surface area contributed by atoms with Crippen LogP contribution in [0.3, 0.4) is 0 Å². The lowest BCUT2D eigenvalue weighted by atomic mass is 9.93. The van der Waals surface area contributed by atoms with Gasteiger partial charge in [0.1, 0.15) is 146 Å². The Morgan fingerprint density at radius 3 is 1.10 bits per heavy atom. The number of amides is 4. The Labute approximate surface area is 712 Å². The Kier molecular flexibility index (Phi) is 51.0. The van der Waals surface area contributed by atoms with Gasteiger partial charge in [-0.15, -0.1) is 0 Å². The van der Waals surface area contributed by atoms with Gasteiger partial charge in [-0.2, -0.15) is 0 Å². The average molecular weight is 1750 g/mol. The van der Waals surface area contributed by atoms with Crippen LogP contribution in [0, 0.1) is 0 Å². The Hall–Kier alpha value is -3.54. The van der Waals surface area contributed by atoms with Gasteiger partial charge in [0, 0.05) is 27.2 Å². The standard InChI is InChI=1S/C84H152N4O33/c1-6-8-10-12-14-16-18-20-21-22-23-24-25-26-27-29-31-33-35-37-39-41-60(98)88-52(53(97)40-38-36-34-32-30-28-19-17-15-13-11-9-7-2)47-110-82-72(107)71(106)75(58(46-93)116-82)118-84-74(109)78(68(103)59(117-84)48-111-79-61(85-49(3)94)69(104)64(99)54(42-89)112-79)121-83-73(108)77(67(102)57(45-92)115-83)120-81-63(87-51(5)96)76(66(101)56(44-91)114-81)119-80-62(86-50(4)95)70(105)65(100)55(43-90)113-80/h38,40,52-59,61-84,89-93,97,99-109H,6-37,39,41-48H2,1-5H3,(H,85,94)(H,86,95)(H,87,96)(H,88,98)/b40-38+/t52-,53+,54?,55?,56?,57?,58?,59?,61?,62?,63?,64+,65-,66-,67-,68-,69+,70+,71+,72?,73?,74?,75+,76+,77-,78-,79+,80+,81-,82+,83+,84-/m0/s1. The summed E-state index contributed by atoms with van der Waals surface area (Å²) in [7, 11) is 0. The molecule has 0 aliphatic carbocycles. The van der Waals surface area contributed by atoms with Crippen LogP contribution in [-0.2, 0) is 76.0 Å². The lowest BCUT2D eigenvalue weighted by Crippen LogP contribution is -2.71. The predicted octanol–water partition coefficient (Wildman–Crippen LogP) is 0.0604. The SMILES string of the molecule is CCCCCCCCCCCCC/C=C/[C@@H](O)[C@H](CO[C@@H]1OC(CO)[C@@H](O[C@@H]2OC(CO[C@@H]3OC(CO)[C@@H](O)[C@H](O)C3NC(C)=O)[C@H](O)[C@H](O[C@H]3OC(CO)[C@H](O)[C@H](O[C@@H]4OC(CO)[C@H](O)[C@H](O[C@H]5OC(CO)[C@H](O)[C@H](O)C5NC(C)=O)C4NC(C)=O)C3O)C2O)[C@H](O)C1O)NC(=O)CCCCCCCCCCCCCCCCCCCCCCC. The number of aliphatic hydroxyl groups excluding tert-OH is 17. The number of rotatable bonds is 59. The fourth-order valence-electron chi connectivity index (χ4n) is 16.5. The van der Waals surface area contributed by atoms with E-state index in [0.29, 0.717) is 12.8 Å². The number of allylic oxidation sites excluding steroid dienone is 1. The summed E-state index contributed by atoms with van der Waals surface area (Å²) in [5.41, 5.74) is 0. The first-order chi connectivity index (χ1) is 58.2. The molecule has 6 aliphatic heterocycles. The zero-order valence-electron chi connectivity index (χ0n) is 71.8. The molecule has 0 spiro atoms. The molecule has 0 aromatic rings. The Morgan fingerprint density at radius 2 is 0.661 bits per heavy atom. The van der Waals surface area contributed by atoms with Crippen molar-refractivity contribution in [2.45, 2.75) is 449 Å². The van der Waals surface area contributed by atoms with Crippen molar-refractivity contribution < 1.29 is 163 Å². The zero-order chi connectivity index (χ0) is 88.5. The third-order valence-electron chi connectivity index (χ3n) is 23.6. The molecule has 6 fully saturated rings. The molecule has 6 saturated heterocycles. The molecular formula is C84H152N4O33. The number of nitrogens with one attached hydrogen (secondary N) is 4. The third kappa shape index (κ3) is 34.4.